The highest BCUT2D eigenvalue weighted by atomic mass is 19.1. The van der Waals surface area contributed by atoms with Crippen LogP contribution in [0.5, 0.6) is 5.75 Å². The van der Waals surface area contributed by atoms with Gasteiger partial charge in [-0.15, -0.1) is 6.58 Å². The van der Waals surface area contributed by atoms with Crippen molar-refractivity contribution in [3.63, 3.8) is 0 Å². The van der Waals surface area contributed by atoms with E-state index in [0.717, 1.165) is 6.42 Å². The van der Waals surface area contributed by atoms with Crippen LogP contribution in [0.15, 0.2) is 40.1 Å². The molecule has 0 amide bonds. The van der Waals surface area contributed by atoms with Crippen LogP contribution in [0.25, 0.3) is 10.8 Å². The fourth-order valence-electron chi connectivity index (χ4n) is 3.61. The van der Waals surface area contributed by atoms with Crippen LogP contribution in [0, 0.1) is 17.7 Å². The van der Waals surface area contributed by atoms with Gasteiger partial charge < -0.3 is 9.15 Å². The van der Waals surface area contributed by atoms with E-state index in [1.165, 1.54) is 38.9 Å². The Labute approximate surface area is 141 Å². The zero-order valence-corrected chi connectivity index (χ0v) is 14.0. The molecule has 1 aliphatic rings. The zero-order valence-electron chi connectivity index (χ0n) is 14.0. The highest BCUT2D eigenvalue weighted by Crippen LogP contribution is 2.32. The molecule has 1 aliphatic carbocycles. The Bertz CT molecular complexity index is 785. The second-order valence-corrected chi connectivity index (χ2v) is 6.60. The van der Waals surface area contributed by atoms with Crippen molar-refractivity contribution in [2.45, 2.75) is 38.5 Å². The number of hydrogen-bond acceptors (Lipinski definition) is 3. The smallest absolute Gasteiger partial charge is 0.346 e. The van der Waals surface area contributed by atoms with Gasteiger partial charge in [0.15, 0.2) is 11.6 Å². The maximum absolute atomic E-state index is 14.2. The first kappa shape index (κ1) is 16.7. The Morgan fingerprint density at radius 1 is 1.33 bits per heavy atom. The van der Waals surface area contributed by atoms with Crippen LogP contribution in [0.4, 0.5) is 4.39 Å². The number of ether oxygens (including phenoxy) is 1. The summed E-state index contributed by atoms with van der Waals surface area (Å²) in [6.45, 7) is 3.87. The van der Waals surface area contributed by atoms with Gasteiger partial charge in [-0.05, 0) is 61.5 Å². The fraction of sp³-hybridized carbons (Fsp3) is 0.450. The number of benzene rings is 1. The lowest BCUT2D eigenvalue weighted by atomic mass is 9.80. The van der Waals surface area contributed by atoms with Crippen molar-refractivity contribution in [2.75, 3.05) is 7.11 Å². The van der Waals surface area contributed by atoms with Gasteiger partial charge in [0.1, 0.15) is 11.1 Å². The van der Waals surface area contributed by atoms with E-state index in [0.29, 0.717) is 29.4 Å². The molecule has 0 spiro atoms. The number of halogens is 1. The van der Waals surface area contributed by atoms with E-state index in [2.05, 4.69) is 12.7 Å². The average molecular weight is 330 g/mol. The second-order valence-electron chi connectivity index (χ2n) is 6.60. The molecule has 3 nitrogen and oxygen atoms in total. The third-order valence-electron chi connectivity index (χ3n) is 5.13. The molecule has 0 atom stereocenters. The molecule has 128 valence electrons. The standard InChI is InChI=1S/C20H23FO3/c1-3-13-4-6-14(7-5-13)8-10-16-12-15-9-11-17(23-2)19(21)18(15)20(22)24-16/h3,9,11-14H,1,4-8,10H2,2H3. The number of aryl methyl sites for hydroxylation is 1. The SMILES string of the molecule is C=CC1CCC(CCc2cc3ccc(OC)c(F)c3c(=O)o2)CC1. The summed E-state index contributed by atoms with van der Waals surface area (Å²) in [5.41, 5.74) is -0.630. The highest BCUT2D eigenvalue weighted by molar-refractivity contribution is 5.83. The molecule has 0 N–H and O–H groups in total. The first-order valence-corrected chi connectivity index (χ1v) is 8.54. The molecule has 1 saturated carbocycles. The molecule has 4 heteroatoms. The Morgan fingerprint density at radius 3 is 2.75 bits per heavy atom. The van der Waals surface area contributed by atoms with E-state index in [1.54, 1.807) is 12.1 Å². The number of hydrogen-bond donors (Lipinski definition) is 0. The van der Waals surface area contributed by atoms with Crippen molar-refractivity contribution < 1.29 is 13.5 Å². The highest BCUT2D eigenvalue weighted by Gasteiger charge is 2.20. The molecule has 1 heterocycles. The maximum Gasteiger partial charge on any atom is 0.346 e. The van der Waals surface area contributed by atoms with Crippen LogP contribution >= 0.6 is 0 Å². The predicted molar refractivity (Wildman–Crippen MR) is 93.0 cm³/mol. The van der Waals surface area contributed by atoms with Gasteiger partial charge >= 0.3 is 5.63 Å². The Kier molecular flexibility index (Phi) is 5.03. The molecule has 1 aromatic heterocycles. The van der Waals surface area contributed by atoms with Crippen LogP contribution in [0.2, 0.25) is 0 Å². The lowest BCUT2D eigenvalue weighted by Crippen LogP contribution is -2.14. The molecule has 0 aliphatic heterocycles. The van der Waals surface area contributed by atoms with Crippen molar-refractivity contribution in [1.82, 2.24) is 0 Å². The van der Waals surface area contributed by atoms with Crippen molar-refractivity contribution in [3.05, 3.63) is 52.9 Å². The van der Waals surface area contributed by atoms with E-state index in [4.69, 9.17) is 9.15 Å². The molecule has 3 rings (SSSR count). The summed E-state index contributed by atoms with van der Waals surface area (Å²) < 4.78 is 24.5. The summed E-state index contributed by atoms with van der Waals surface area (Å²) in [5.74, 6) is 1.34. The Balaban J connectivity index is 1.74. The largest absolute Gasteiger partial charge is 0.494 e. The average Bonchev–Trinajstić information content (AvgIpc) is 2.60. The van der Waals surface area contributed by atoms with Gasteiger partial charge in [-0.3, -0.25) is 0 Å². The van der Waals surface area contributed by atoms with Gasteiger partial charge in [0.05, 0.1) is 7.11 Å². The third kappa shape index (κ3) is 3.37. The molecule has 2 aromatic rings. The molecule has 1 aromatic carbocycles. The molecular weight excluding hydrogens is 307 g/mol. The Morgan fingerprint density at radius 2 is 2.08 bits per heavy atom. The Hall–Kier alpha value is -2.10. The quantitative estimate of drug-likeness (QED) is 0.735. The van der Waals surface area contributed by atoms with E-state index in [1.807, 2.05) is 0 Å². The predicted octanol–water partition coefficient (Wildman–Crippen LogP) is 4.87. The summed E-state index contributed by atoms with van der Waals surface area (Å²) in [6, 6.07) is 5.01. The van der Waals surface area contributed by atoms with Crippen LogP contribution in [0.3, 0.4) is 0 Å². The van der Waals surface area contributed by atoms with Crippen molar-refractivity contribution in [3.8, 4) is 5.75 Å². The first-order chi connectivity index (χ1) is 11.6. The van der Waals surface area contributed by atoms with Crippen LogP contribution < -0.4 is 10.4 Å². The van der Waals surface area contributed by atoms with Crippen LogP contribution in [-0.2, 0) is 6.42 Å². The van der Waals surface area contributed by atoms with Gasteiger partial charge in [-0.2, -0.15) is 0 Å². The van der Waals surface area contributed by atoms with Gasteiger partial charge in [0.2, 0.25) is 0 Å². The van der Waals surface area contributed by atoms with E-state index < -0.39 is 11.4 Å². The first-order valence-electron chi connectivity index (χ1n) is 8.54. The summed E-state index contributed by atoms with van der Waals surface area (Å²) in [4.78, 5) is 12.1. The monoisotopic (exact) mass is 330 g/mol. The van der Waals surface area contributed by atoms with Gasteiger partial charge in [-0.25, -0.2) is 9.18 Å². The number of allylic oxidation sites excluding steroid dienone is 1. The zero-order chi connectivity index (χ0) is 17.1. The summed E-state index contributed by atoms with van der Waals surface area (Å²) in [5, 5.41) is 0.527. The molecular formula is C20H23FO3. The minimum Gasteiger partial charge on any atom is -0.494 e. The number of rotatable bonds is 5. The fourth-order valence-corrected chi connectivity index (χ4v) is 3.61. The van der Waals surface area contributed by atoms with Crippen LogP contribution in [0.1, 0.15) is 37.9 Å². The molecule has 1 fully saturated rings. The second kappa shape index (κ2) is 7.20. The molecule has 0 saturated heterocycles. The van der Waals surface area contributed by atoms with E-state index in [-0.39, 0.29) is 11.1 Å². The van der Waals surface area contributed by atoms with Gasteiger partial charge in [-0.1, -0.05) is 12.1 Å². The lowest BCUT2D eigenvalue weighted by Gasteiger charge is -2.26. The molecule has 0 bridgehead atoms. The lowest BCUT2D eigenvalue weighted by molar-refractivity contribution is 0.289. The number of methoxy groups -OCH3 is 1. The summed E-state index contributed by atoms with van der Waals surface area (Å²) in [7, 11) is 1.38. The maximum atomic E-state index is 14.2. The van der Waals surface area contributed by atoms with Crippen molar-refractivity contribution in [1.29, 1.82) is 0 Å². The normalized spacial score (nSPS) is 20.9. The van der Waals surface area contributed by atoms with E-state index in [9.17, 15) is 9.18 Å². The van der Waals surface area contributed by atoms with Gasteiger partial charge in [0, 0.05) is 6.42 Å². The van der Waals surface area contributed by atoms with E-state index >= 15 is 0 Å². The van der Waals surface area contributed by atoms with Gasteiger partial charge in [0.25, 0.3) is 0 Å². The molecule has 0 unspecified atom stereocenters. The summed E-state index contributed by atoms with van der Waals surface area (Å²) in [6.07, 6.45) is 8.54. The summed E-state index contributed by atoms with van der Waals surface area (Å²) >= 11 is 0. The molecule has 24 heavy (non-hydrogen) atoms. The topological polar surface area (TPSA) is 39.4 Å². The molecule has 0 radical (unpaired) electrons. The van der Waals surface area contributed by atoms with Crippen molar-refractivity contribution in [2.24, 2.45) is 11.8 Å². The minimum atomic E-state index is -0.655. The van der Waals surface area contributed by atoms with Crippen molar-refractivity contribution >= 4 is 10.8 Å². The third-order valence-corrected chi connectivity index (χ3v) is 5.13. The van der Waals surface area contributed by atoms with Crippen LogP contribution in [-0.4, -0.2) is 7.11 Å². The minimum absolute atomic E-state index is 0.0374. The number of fused-ring (bicyclic) bond motifs is 1.